The van der Waals surface area contributed by atoms with Gasteiger partial charge in [0.15, 0.2) is 0 Å². The van der Waals surface area contributed by atoms with E-state index in [-0.39, 0.29) is 16.7 Å². The van der Waals surface area contributed by atoms with E-state index >= 15 is 0 Å². The Hall–Kier alpha value is -1.09. The summed E-state index contributed by atoms with van der Waals surface area (Å²) in [5.74, 6) is 0.549. The molecule has 0 radical (unpaired) electrons. The molecule has 1 aromatic carbocycles. The van der Waals surface area contributed by atoms with Gasteiger partial charge in [-0.3, -0.25) is 0 Å². The van der Waals surface area contributed by atoms with Crippen LogP contribution < -0.4 is 0 Å². The van der Waals surface area contributed by atoms with Crippen LogP contribution in [0.2, 0.25) is 0 Å². The SMILES string of the molecule is CCC(C)(C)n1c(C(C)Cl)nc2ccc(F)cc21. The highest BCUT2D eigenvalue weighted by atomic mass is 35.5. The third kappa shape index (κ3) is 2.12. The van der Waals surface area contributed by atoms with Crippen LogP contribution in [-0.4, -0.2) is 9.55 Å². The normalized spacial score (nSPS) is 14.1. The lowest BCUT2D eigenvalue weighted by molar-refractivity contribution is 0.341. The Kier molecular flexibility index (Phi) is 3.37. The minimum atomic E-state index is -0.246. The van der Waals surface area contributed by atoms with Gasteiger partial charge in [-0.1, -0.05) is 6.92 Å². The van der Waals surface area contributed by atoms with E-state index in [9.17, 15) is 4.39 Å². The largest absolute Gasteiger partial charge is 0.321 e. The summed E-state index contributed by atoms with van der Waals surface area (Å²) in [6, 6.07) is 4.67. The fourth-order valence-electron chi connectivity index (χ4n) is 2.13. The molecule has 2 aromatic rings. The molecule has 1 atom stereocenters. The molecule has 18 heavy (non-hydrogen) atoms. The molecule has 1 unspecified atom stereocenters. The van der Waals surface area contributed by atoms with Crippen molar-refractivity contribution in [3.63, 3.8) is 0 Å². The van der Waals surface area contributed by atoms with Gasteiger partial charge in [0, 0.05) is 5.54 Å². The monoisotopic (exact) mass is 268 g/mol. The van der Waals surface area contributed by atoms with E-state index < -0.39 is 0 Å². The maximum absolute atomic E-state index is 13.4. The fraction of sp³-hybridized carbons (Fsp3) is 0.500. The van der Waals surface area contributed by atoms with Crippen molar-refractivity contribution in [3.8, 4) is 0 Å². The Labute approximate surface area is 112 Å². The molecule has 0 amide bonds. The van der Waals surface area contributed by atoms with Crippen molar-refractivity contribution < 1.29 is 4.39 Å². The first-order valence-electron chi connectivity index (χ1n) is 6.19. The molecule has 0 bridgehead atoms. The summed E-state index contributed by atoms with van der Waals surface area (Å²) in [6.45, 7) is 8.22. The van der Waals surface area contributed by atoms with E-state index in [1.54, 1.807) is 6.07 Å². The molecule has 2 rings (SSSR count). The van der Waals surface area contributed by atoms with E-state index in [2.05, 4.69) is 30.3 Å². The quantitative estimate of drug-likeness (QED) is 0.743. The molecule has 0 saturated carbocycles. The van der Waals surface area contributed by atoms with E-state index in [1.165, 1.54) is 12.1 Å². The summed E-state index contributed by atoms with van der Waals surface area (Å²) >= 11 is 6.21. The molecule has 0 aliphatic carbocycles. The summed E-state index contributed by atoms with van der Waals surface area (Å²) in [7, 11) is 0. The van der Waals surface area contributed by atoms with E-state index in [0.29, 0.717) is 0 Å². The van der Waals surface area contributed by atoms with Crippen molar-refractivity contribution in [1.29, 1.82) is 0 Å². The number of aromatic nitrogens is 2. The molecule has 1 aromatic heterocycles. The Morgan fingerprint density at radius 2 is 2.11 bits per heavy atom. The highest BCUT2D eigenvalue weighted by Crippen LogP contribution is 2.32. The zero-order chi connectivity index (χ0) is 13.5. The van der Waals surface area contributed by atoms with Crippen molar-refractivity contribution in [2.24, 2.45) is 0 Å². The molecule has 2 nitrogen and oxygen atoms in total. The molecule has 0 spiro atoms. The number of rotatable bonds is 3. The number of alkyl halides is 1. The first-order valence-corrected chi connectivity index (χ1v) is 6.63. The molecule has 98 valence electrons. The lowest BCUT2D eigenvalue weighted by Crippen LogP contribution is -2.27. The van der Waals surface area contributed by atoms with Gasteiger partial charge in [0.1, 0.15) is 11.6 Å². The lowest BCUT2D eigenvalue weighted by atomic mass is 10.0. The Bertz CT molecular complexity index is 572. The van der Waals surface area contributed by atoms with Gasteiger partial charge >= 0.3 is 0 Å². The van der Waals surface area contributed by atoms with Gasteiger partial charge in [0.05, 0.1) is 16.4 Å². The molecule has 1 heterocycles. The first kappa shape index (κ1) is 13.3. The van der Waals surface area contributed by atoms with Gasteiger partial charge in [0.25, 0.3) is 0 Å². The fourth-order valence-corrected chi connectivity index (χ4v) is 2.27. The number of imidazole rings is 1. The van der Waals surface area contributed by atoms with Crippen molar-refractivity contribution in [2.45, 2.75) is 45.0 Å². The Morgan fingerprint density at radius 3 is 2.67 bits per heavy atom. The molecule has 0 saturated heterocycles. The van der Waals surface area contributed by atoms with Gasteiger partial charge in [-0.25, -0.2) is 9.37 Å². The van der Waals surface area contributed by atoms with Crippen LogP contribution in [0.25, 0.3) is 11.0 Å². The van der Waals surface area contributed by atoms with Crippen LogP contribution in [0.5, 0.6) is 0 Å². The van der Waals surface area contributed by atoms with Crippen molar-refractivity contribution >= 4 is 22.6 Å². The van der Waals surface area contributed by atoms with Gasteiger partial charge in [0.2, 0.25) is 0 Å². The molecule has 4 heteroatoms. The standard InChI is InChI=1S/C14H18ClFN2/c1-5-14(3,4)18-12-8-10(16)6-7-11(12)17-13(18)9(2)15/h6-9H,5H2,1-4H3. The Balaban J connectivity index is 2.81. The summed E-state index contributed by atoms with van der Waals surface area (Å²) in [5, 5.41) is -0.203. The predicted molar refractivity (Wildman–Crippen MR) is 73.6 cm³/mol. The molecule has 0 fully saturated rings. The van der Waals surface area contributed by atoms with E-state index in [4.69, 9.17) is 11.6 Å². The van der Waals surface area contributed by atoms with Gasteiger partial charge in [-0.2, -0.15) is 0 Å². The zero-order valence-corrected chi connectivity index (χ0v) is 11.9. The average molecular weight is 269 g/mol. The molecule has 0 aliphatic heterocycles. The molecule has 0 aliphatic rings. The van der Waals surface area contributed by atoms with Gasteiger partial charge in [-0.05, 0) is 45.4 Å². The van der Waals surface area contributed by atoms with Crippen LogP contribution in [0.15, 0.2) is 18.2 Å². The predicted octanol–water partition coefficient (Wildman–Crippen LogP) is 4.62. The number of halogens is 2. The van der Waals surface area contributed by atoms with Crippen LogP contribution in [0.3, 0.4) is 0 Å². The number of fused-ring (bicyclic) bond motifs is 1. The molecular weight excluding hydrogens is 251 g/mol. The first-order chi connectivity index (χ1) is 8.36. The topological polar surface area (TPSA) is 17.8 Å². The van der Waals surface area contributed by atoms with E-state index in [0.717, 1.165) is 23.3 Å². The number of hydrogen-bond donors (Lipinski definition) is 0. The maximum atomic E-state index is 13.4. The lowest BCUT2D eigenvalue weighted by Gasteiger charge is -2.28. The third-order valence-electron chi connectivity index (χ3n) is 3.47. The minimum absolute atomic E-state index is 0.138. The van der Waals surface area contributed by atoms with Crippen molar-refractivity contribution in [3.05, 3.63) is 29.8 Å². The summed E-state index contributed by atoms with van der Waals surface area (Å²) < 4.78 is 15.5. The number of hydrogen-bond acceptors (Lipinski definition) is 1. The number of benzene rings is 1. The minimum Gasteiger partial charge on any atom is -0.321 e. The highest BCUT2D eigenvalue weighted by molar-refractivity contribution is 6.20. The summed E-state index contributed by atoms with van der Waals surface area (Å²) in [5.41, 5.74) is 1.46. The van der Waals surface area contributed by atoms with Crippen molar-refractivity contribution in [1.82, 2.24) is 9.55 Å². The molecule has 0 N–H and O–H groups in total. The maximum Gasteiger partial charge on any atom is 0.128 e. The smallest absolute Gasteiger partial charge is 0.128 e. The highest BCUT2D eigenvalue weighted by Gasteiger charge is 2.26. The Morgan fingerprint density at radius 1 is 1.44 bits per heavy atom. The second kappa shape index (κ2) is 4.54. The van der Waals surface area contributed by atoms with E-state index in [1.807, 2.05) is 6.92 Å². The average Bonchev–Trinajstić information content (AvgIpc) is 2.68. The summed E-state index contributed by atoms with van der Waals surface area (Å²) in [4.78, 5) is 4.53. The van der Waals surface area contributed by atoms with Crippen LogP contribution in [-0.2, 0) is 5.54 Å². The second-order valence-electron chi connectivity index (χ2n) is 5.22. The zero-order valence-electron chi connectivity index (χ0n) is 11.2. The van der Waals surface area contributed by atoms with Crippen LogP contribution in [0.1, 0.15) is 45.3 Å². The number of nitrogens with zero attached hydrogens (tertiary/aromatic N) is 2. The van der Waals surface area contributed by atoms with Gasteiger partial charge in [-0.15, -0.1) is 11.6 Å². The van der Waals surface area contributed by atoms with Crippen LogP contribution >= 0.6 is 11.6 Å². The summed E-state index contributed by atoms with van der Waals surface area (Å²) in [6.07, 6.45) is 0.922. The van der Waals surface area contributed by atoms with Crippen molar-refractivity contribution in [2.75, 3.05) is 0 Å². The third-order valence-corrected chi connectivity index (χ3v) is 3.66. The van der Waals surface area contributed by atoms with Gasteiger partial charge < -0.3 is 4.57 Å². The van der Waals surface area contributed by atoms with Crippen LogP contribution in [0.4, 0.5) is 4.39 Å². The van der Waals surface area contributed by atoms with Crippen LogP contribution in [0, 0.1) is 5.82 Å². The molecular formula is C14H18ClFN2. The second-order valence-corrected chi connectivity index (χ2v) is 5.88.